The molecular weight excluding hydrogens is 240 g/mol. The highest BCUT2D eigenvalue weighted by atomic mass is 16.4. The van der Waals surface area contributed by atoms with E-state index in [2.05, 4.69) is 6.92 Å². The summed E-state index contributed by atoms with van der Waals surface area (Å²) in [6, 6.07) is 0. The summed E-state index contributed by atoms with van der Waals surface area (Å²) >= 11 is 0. The second kappa shape index (κ2) is 4.60. The van der Waals surface area contributed by atoms with Crippen molar-refractivity contribution in [3.05, 3.63) is 0 Å². The molecule has 0 amide bonds. The van der Waals surface area contributed by atoms with E-state index in [1.165, 1.54) is 32.1 Å². The van der Waals surface area contributed by atoms with Crippen molar-refractivity contribution in [3.8, 4) is 0 Å². The molecule has 0 heterocycles. The summed E-state index contributed by atoms with van der Waals surface area (Å²) in [5.41, 5.74) is -0.0672. The Morgan fingerprint density at radius 1 is 1.21 bits per heavy atom. The number of carboxylic acid groups (broad SMARTS) is 1. The highest BCUT2D eigenvalue weighted by Gasteiger charge is 2.58. The van der Waals surface area contributed by atoms with Crippen molar-refractivity contribution in [2.75, 3.05) is 0 Å². The highest BCUT2D eigenvalue weighted by Crippen LogP contribution is 2.65. The molecule has 3 heteroatoms. The van der Waals surface area contributed by atoms with Gasteiger partial charge in [-0.05, 0) is 67.6 Å². The zero-order valence-corrected chi connectivity index (χ0v) is 11.7. The Morgan fingerprint density at radius 3 is 2.16 bits per heavy atom. The van der Waals surface area contributed by atoms with Crippen molar-refractivity contribution in [2.24, 2.45) is 35.0 Å². The van der Waals surface area contributed by atoms with Gasteiger partial charge in [0.05, 0.1) is 5.92 Å². The lowest BCUT2D eigenvalue weighted by atomic mass is 9.42. The van der Waals surface area contributed by atoms with Crippen LogP contribution in [-0.4, -0.2) is 17.4 Å². The van der Waals surface area contributed by atoms with Crippen molar-refractivity contribution in [1.29, 1.82) is 0 Å². The summed E-state index contributed by atoms with van der Waals surface area (Å²) < 4.78 is 0. The molecular formula is C16H24O3. The quantitative estimate of drug-likeness (QED) is 0.776. The van der Waals surface area contributed by atoms with Gasteiger partial charge in [0.25, 0.3) is 0 Å². The maximum absolute atomic E-state index is 11.7. The minimum Gasteiger partial charge on any atom is -0.481 e. The summed E-state index contributed by atoms with van der Waals surface area (Å²) in [4.78, 5) is 22.3. The number of rotatable bonds is 5. The molecule has 106 valence electrons. The van der Waals surface area contributed by atoms with Gasteiger partial charge in [0.15, 0.2) is 0 Å². The number of carbonyl (C=O) groups excluding carboxylic acids is 1. The van der Waals surface area contributed by atoms with Crippen molar-refractivity contribution >= 4 is 12.3 Å². The SMILES string of the molecule is CC1(C(CCC=O)C(=O)O)C2CC3CC(C2)CC1C3. The first-order valence-electron chi connectivity index (χ1n) is 7.72. The minimum atomic E-state index is -0.683. The van der Waals surface area contributed by atoms with Gasteiger partial charge in [-0.25, -0.2) is 0 Å². The molecule has 0 aliphatic heterocycles. The van der Waals surface area contributed by atoms with E-state index in [4.69, 9.17) is 0 Å². The van der Waals surface area contributed by atoms with Gasteiger partial charge >= 0.3 is 5.97 Å². The van der Waals surface area contributed by atoms with E-state index in [-0.39, 0.29) is 11.3 Å². The lowest BCUT2D eigenvalue weighted by Gasteiger charge is -2.62. The number of hydrogen-bond acceptors (Lipinski definition) is 2. The summed E-state index contributed by atoms with van der Waals surface area (Å²) in [7, 11) is 0. The lowest BCUT2D eigenvalue weighted by Crippen LogP contribution is -2.56. The van der Waals surface area contributed by atoms with Gasteiger partial charge in [0.2, 0.25) is 0 Å². The van der Waals surface area contributed by atoms with Crippen LogP contribution in [-0.2, 0) is 9.59 Å². The van der Waals surface area contributed by atoms with Crippen LogP contribution >= 0.6 is 0 Å². The number of aliphatic carboxylic acids is 1. The molecule has 4 aliphatic rings. The molecule has 0 saturated heterocycles. The van der Waals surface area contributed by atoms with E-state index in [1.54, 1.807) is 0 Å². The molecule has 4 fully saturated rings. The standard InChI is InChI=1S/C16H24O3/c1-16(14(15(18)19)3-2-4-17)12-6-10-5-11(8-12)9-13(16)7-10/h4,10-14H,2-3,5-9H2,1H3,(H,18,19). The summed E-state index contributed by atoms with van der Waals surface area (Å²) in [5, 5.41) is 9.63. The monoisotopic (exact) mass is 264 g/mol. The molecule has 1 atom stereocenters. The summed E-state index contributed by atoms with van der Waals surface area (Å²) in [6.45, 7) is 2.21. The molecule has 0 aromatic heterocycles. The van der Waals surface area contributed by atoms with Crippen LogP contribution in [0.25, 0.3) is 0 Å². The second-order valence-electron chi connectivity index (χ2n) is 7.31. The van der Waals surface area contributed by atoms with Gasteiger partial charge in [-0.2, -0.15) is 0 Å². The first-order chi connectivity index (χ1) is 9.05. The summed E-state index contributed by atoms with van der Waals surface area (Å²) in [5.74, 6) is 1.87. The molecule has 0 aromatic carbocycles. The van der Waals surface area contributed by atoms with Crippen LogP contribution < -0.4 is 0 Å². The molecule has 4 saturated carbocycles. The average Bonchev–Trinajstić information content (AvgIpc) is 2.35. The van der Waals surface area contributed by atoms with Gasteiger partial charge in [0, 0.05) is 6.42 Å². The second-order valence-corrected chi connectivity index (χ2v) is 7.31. The predicted octanol–water partition coefficient (Wildman–Crippen LogP) is 3.13. The van der Waals surface area contributed by atoms with E-state index in [0.717, 1.165) is 18.1 Å². The van der Waals surface area contributed by atoms with Crippen molar-refractivity contribution in [1.82, 2.24) is 0 Å². The van der Waals surface area contributed by atoms with Crippen LogP contribution in [0.3, 0.4) is 0 Å². The third kappa shape index (κ3) is 1.93. The Morgan fingerprint density at radius 2 is 1.74 bits per heavy atom. The van der Waals surface area contributed by atoms with Crippen LogP contribution in [0.5, 0.6) is 0 Å². The fourth-order valence-electron chi connectivity index (χ4n) is 5.70. The van der Waals surface area contributed by atoms with E-state index >= 15 is 0 Å². The molecule has 4 aliphatic carbocycles. The number of hydrogen-bond donors (Lipinski definition) is 1. The Labute approximate surface area is 114 Å². The maximum Gasteiger partial charge on any atom is 0.307 e. The molecule has 0 spiro atoms. The van der Waals surface area contributed by atoms with Crippen molar-refractivity contribution < 1.29 is 14.7 Å². The third-order valence-electron chi connectivity index (χ3n) is 6.52. The Balaban J connectivity index is 1.87. The van der Waals surface area contributed by atoms with E-state index < -0.39 is 5.97 Å². The van der Waals surface area contributed by atoms with Crippen LogP contribution in [0.2, 0.25) is 0 Å². The zero-order valence-electron chi connectivity index (χ0n) is 11.7. The van der Waals surface area contributed by atoms with E-state index in [0.29, 0.717) is 24.7 Å². The maximum atomic E-state index is 11.7. The van der Waals surface area contributed by atoms with Crippen molar-refractivity contribution in [3.63, 3.8) is 0 Å². The molecule has 19 heavy (non-hydrogen) atoms. The third-order valence-corrected chi connectivity index (χ3v) is 6.52. The zero-order chi connectivity index (χ0) is 13.6. The van der Waals surface area contributed by atoms with Gasteiger partial charge < -0.3 is 9.90 Å². The number of carbonyl (C=O) groups is 2. The van der Waals surface area contributed by atoms with Gasteiger partial charge in [-0.15, -0.1) is 0 Å². The van der Waals surface area contributed by atoms with Gasteiger partial charge in [0.1, 0.15) is 6.29 Å². The predicted molar refractivity (Wildman–Crippen MR) is 71.6 cm³/mol. The molecule has 0 radical (unpaired) electrons. The van der Waals surface area contributed by atoms with Crippen LogP contribution in [0.1, 0.15) is 51.9 Å². The first-order valence-corrected chi connectivity index (χ1v) is 7.72. The van der Waals surface area contributed by atoms with Crippen LogP contribution in [0.4, 0.5) is 0 Å². The average molecular weight is 264 g/mol. The number of carboxylic acids is 1. The molecule has 4 bridgehead atoms. The fraction of sp³-hybridized carbons (Fsp3) is 0.875. The summed E-state index contributed by atoms with van der Waals surface area (Å²) in [6.07, 6.45) is 8.09. The Bertz CT molecular complexity index is 359. The largest absolute Gasteiger partial charge is 0.481 e. The van der Waals surface area contributed by atoms with Crippen LogP contribution in [0.15, 0.2) is 0 Å². The smallest absolute Gasteiger partial charge is 0.307 e. The van der Waals surface area contributed by atoms with Gasteiger partial charge in [-0.1, -0.05) is 6.92 Å². The molecule has 1 unspecified atom stereocenters. The van der Waals surface area contributed by atoms with Gasteiger partial charge in [-0.3, -0.25) is 4.79 Å². The molecule has 3 nitrogen and oxygen atoms in total. The Hall–Kier alpha value is -0.860. The normalized spacial score (nSPS) is 45.1. The fourth-order valence-corrected chi connectivity index (χ4v) is 5.70. The lowest BCUT2D eigenvalue weighted by molar-refractivity contribution is -0.169. The highest BCUT2D eigenvalue weighted by molar-refractivity contribution is 5.71. The topological polar surface area (TPSA) is 54.4 Å². The van der Waals surface area contributed by atoms with E-state index in [1.807, 2.05) is 0 Å². The number of aldehydes is 1. The first kappa shape index (κ1) is 13.1. The van der Waals surface area contributed by atoms with E-state index in [9.17, 15) is 14.7 Å². The molecule has 1 N–H and O–H groups in total. The Kier molecular flexibility index (Phi) is 3.18. The molecule has 4 rings (SSSR count). The van der Waals surface area contributed by atoms with Crippen LogP contribution in [0, 0.1) is 35.0 Å². The van der Waals surface area contributed by atoms with Crippen molar-refractivity contribution in [2.45, 2.75) is 51.9 Å². The molecule has 0 aromatic rings. The minimum absolute atomic E-state index is 0.0672.